The highest BCUT2D eigenvalue weighted by molar-refractivity contribution is 8.00. The molecule has 0 spiro atoms. The fourth-order valence-corrected chi connectivity index (χ4v) is 7.52. The van der Waals surface area contributed by atoms with E-state index in [-0.39, 0.29) is 65.0 Å². The number of fused-ring (bicyclic) bond motifs is 9. The van der Waals surface area contributed by atoms with Crippen molar-refractivity contribution < 1.29 is 19.5 Å². The Hall–Kier alpha value is -1.87. The molecule has 3 heterocycles. The van der Waals surface area contributed by atoms with Crippen LogP contribution in [0.3, 0.4) is 0 Å². The number of imide groups is 1. The van der Waals surface area contributed by atoms with Crippen LogP contribution in [0.15, 0.2) is 15.4 Å². The molecule has 136 valence electrons. The molecule has 26 heavy (non-hydrogen) atoms. The Balaban J connectivity index is 1.43. The number of hydrogen-bond donors (Lipinski definition) is 1. The third kappa shape index (κ3) is 2.13. The molecule has 1 saturated heterocycles. The Morgan fingerprint density at radius 1 is 1.27 bits per heavy atom. The van der Waals surface area contributed by atoms with Crippen molar-refractivity contribution in [3.05, 3.63) is 20.1 Å². The summed E-state index contributed by atoms with van der Waals surface area (Å²) in [6.07, 6.45) is 2.95. The van der Waals surface area contributed by atoms with Crippen LogP contribution in [0.5, 0.6) is 0 Å². The van der Waals surface area contributed by atoms with Gasteiger partial charge in [-0.05, 0) is 37.2 Å². The van der Waals surface area contributed by atoms with E-state index in [0.717, 1.165) is 16.3 Å². The zero-order valence-electron chi connectivity index (χ0n) is 13.6. The quantitative estimate of drug-likeness (QED) is 0.728. The Kier molecular flexibility index (Phi) is 3.49. The van der Waals surface area contributed by atoms with Gasteiger partial charge in [-0.25, -0.2) is 0 Å². The SMILES string of the molecule is O=C([O-])CCCN1C(=O)[C@@H]2[C@H]3C[C@H](C4=Cc5sc(=O)[nH]c5S[C@H]43)[C@H]2C1=O. The zero-order valence-corrected chi connectivity index (χ0v) is 15.2. The van der Waals surface area contributed by atoms with E-state index in [1.54, 1.807) is 11.8 Å². The molecule has 2 saturated carbocycles. The summed E-state index contributed by atoms with van der Waals surface area (Å²) in [4.78, 5) is 52.8. The predicted molar refractivity (Wildman–Crippen MR) is 92.1 cm³/mol. The number of aliphatic carboxylic acids is 1. The first-order valence-electron chi connectivity index (χ1n) is 8.62. The number of aromatic nitrogens is 1. The number of thiazole rings is 1. The molecular weight excluding hydrogens is 376 g/mol. The molecule has 2 aliphatic carbocycles. The van der Waals surface area contributed by atoms with Crippen LogP contribution < -0.4 is 9.98 Å². The number of nitrogens with zero attached hydrogens (tertiary/aromatic N) is 1. The van der Waals surface area contributed by atoms with Gasteiger partial charge in [-0.2, -0.15) is 0 Å². The molecule has 5 atom stereocenters. The summed E-state index contributed by atoms with van der Waals surface area (Å²) in [5, 5.41) is 11.6. The topological polar surface area (TPSA) is 110 Å². The minimum atomic E-state index is -1.17. The first-order chi connectivity index (χ1) is 12.5. The summed E-state index contributed by atoms with van der Waals surface area (Å²) in [7, 11) is 0. The number of amides is 2. The summed E-state index contributed by atoms with van der Waals surface area (Å²) < 4.78 is 0. The van der Waals surface area contributed by atoms with E-state index in [9.17, 15) is 24.3 Å². The van der Waals surface area contributed by atoms with Crippen molar-refractivity contribution in [3.8, 4) is 0 Å². The van der Waals surface area contributed by atoms with Crippen molar-refractivity contribution in [2.75, 3.05) is 6.54 Å². The number of aromatic amines is 1. The van der Waals surface area contributed by atoms with Gasteiger partial charge in [-0.1, -0.05) is 28.7 Å². The summed E-state index contributed by atoms with van der Waals surface area (Å²) in [5.74, 6) is -1.97. The molecular formula is C17H15N2O5S2-. The molecule has 0 radical (unpaired) electrons. The second kappa shape index (κ2) is 5.56. The van der Waals surface area contributed by atoms with Crippen molar-refractivity contribution >= 4 is 47.0 Å². The number of H-pyrrole nitrogens is 1. The lowest BCUT2D eigenvalue weighted by Gasteiger charge is -2.32. The standard InChI is InChI=1S/C17H16N2O5S2/c20-10(21)2-1-3-19-15(22)11-6-4-8(12(11)16(19)23)13-7(6)5-9-14(26-13)18-17(24)25-9/h5-6,8,11-13H,1-4H2,(H,18,24)(H,20,21)/p-1/t6-,8-,11-,12-,13-/m1/s1. The van der Waals surface area contributed by atoms with Crippen LogP contribution >= 0.6 is 23.1 Å². The molecule has 7 nitrogen and oxygen atoms in total. The second-order valence-corrected chi connectivity index (χ2v) is 9.42. The Bertz CT molecular complexity index is 932. The summed E-state index contributed by atoms with van der Waals surface area (Å²) in [6, 6.07) is 0. The summed E-state index contributed by atoms with van der Waals surface area (Å²) >= 11 is 2.78. The molecule has 1 aromatic rings. The lowest BCUT2D eigenvalue weighted by Crippen LogP contribution is -2.35. The lowest BCUT2D eigenvalue weighted by molar-refractivity contribution is -0.305. The molecule has 9 heteroatoms. The zero-order chi connectivity index (χ0) is 18.2. The third-order valence-electron chi connectivity index (χ3n) is 6.00. The van der Waals surface area contributed by atoms with Gasteiger partial charge in [0.15, 0.2) is 0 Å². The Labute approximate surface area is 156 Å². The Morgan fingerprint density at radius 2 is 2.04 bits per heavy atom. The molecule has 0 unspecified atom stereocenters. The van der Waals surface area contributed by atoms with Gasteiger partial charge in [-0.15, -0.1) is 0 Å². The number of carbonyl (C=O) groups is 3. The first-order valence-corrected chi connectivity index (χ1v) is 10.3. The van der Waals surface area contributed by atoms with Gasteiger partial charge < -0.3 is 14.9 Å². The Morgan fingerprint density at radius 3 is 2.81 bits per heavy atom. The maximum atomic E-state index is 12.8. The van der Waals surface area contributed by atoms with Gasteiger partial charge in [0.05, 0.1) is 21.7 Å². The summed E-state index contributed by atoms with van der Waals surface area (Å²) in [5.41, 5.74) is 1.18. The number of nitrogens with one attached hydrogen (secondary N) is 1. The lowest BCUT2D eigenvalue weighted by atomic mass is 9.77. The molecule has 0 aromatic carbocycles. The fraction of sp³-hybridized carbons (Fsp3) is 0.529. The van der Waals surface area contributed by atoms with E-state index in [1.807, 2.05) is 6.08 Å². The van der Waals surface area contributed by atoms with Crippen LogP contribution in [0.2, 0.25) is 0 Å². The number of carboxylic acid groups (broad SMARTS) is 1. The predicted octanol–water partition coefficient (Wildman–Crippen LogP) is 0.0751. The second-order valence-electron chi connectivity index (χ2n) is 7.25. The van der Waals surface area contributed by atoms with Crippen LogP contribution in [0, 0.1) is 23.7 Å². The number of thioether (sulfide) groups is 1. The van der Waals surface area contributed by atoms with E-state index in [2.05, 4.69) is 4.98 Å². The van der Waals surface area contributed by atoms with Gasteiger partial charge in [0, 0.05) is 17.8 Å². The van der Waals surface area contributed by atoms with Gasteiger partial charge in [0.25, 0.3) is 0 Å². The maximum absolute atomic E-state index is 12.8. The molecule has 5 rings (SSSR count). The van der Waals surface area contributed by atoms with Crippen LogP contribution in [0.1, 0.15) is 24.1 Å². The van der Waals surface area contributed by atoms with Crippen LogP contribution in [0.25, 0.3) is 6.08 Å². The molecule has 1 aromatic heterocycles. The van der Waals surface area contributed by atoms with Gasteiger partial charge >= 0.3 is 4.87 Å². The van der Waals surface area contributed by atoms with Crippen molar-refractivity contribution in [3.63, 3.8) is 0 Å². The normalized spacial score (nSPS) is 33.9. The monoisotopic (exact) mass is 391 g/mol. The number of carboxylic acids is 1. The fourth-order valence-electron chi connectivity index (χ4n) is 5.08. The largest absolute Gasteiger partial charge is 0.550 e. The van der Waals surface area contributed by atoms with Gasteiger partial charge in [0.2, 0.25) is 11.8 Å². The number of rotatable bonds is 4. The molecule has 3 fully saturated rings. The van der Waals surface area contributed by atoms with Crippen molar-refractivity contribution in [2.24, 2.45) is 23.7 Å². The molecule has 2 aliphatic heterocycles. The first kappa shape index (κ1) is 16.3. The number of carbonyl (C=O) groups excluding carboxylic acids is 3. The molecule has 2 amide bonds. The van der Waals surface area contributed by atoms with Crippen LogP contribution in [-0.4, -0.2) is 39.5 Å². The van der Waals surface area contributed by atoms with Crippen molar-refractivity contribution in [2.45, 2.75) is 29.5 Å². The van der Waals surface area contributed by atoms with E-state index in [1.165, 1.54) is 21.8 Å². The van der Waals surface area contributed by atoms with E-state index < -0.39 is 5.97 Å². The third-order valence-corrected chi connectivity index (χ3v) is 8.39. The van der Waals surface area contributed by atoms with E-state index in [4.69, 9.17) is 0 Å². The van der Waals surface area contributed by atoms with E-state index in [0.29, 0.717) is 0 Å². The number of likely N-dealkylation sites (tertiary alicyclic amines) is 1. The van der Waals surface area contributed by atoms with Gasteiger partial charge in [-0.3, -0.25) is 19.3 Å². The minimum absolute atomic E-state index is 0.0513. The minimum Gasteiger partial charge on any atom is -0.550 e. The van der Waals surface area contributed by atoms with Crippen LogP contribution in [0.4, 0.5) is 0 Å². The van der Waals surface area contributed by atoms with Crippen molar-refractivity contribution in [1.82, 2.24) is 9.88 Å². The summed E-state index contributed by atoms with van der Waals surface area (Å²) in [6.45, 7) is 0.148. The highest BCUT2D eigenvalue weighted by atomic mass is 32.2. The maximum Gasteiger partial charge on any atom is 0.305 e. The molecule has 2 bridgehead atoms. The average Bonchev–Trinajstić information content (AvgIpc) is 3.28. The number of hydrogen-bond acceptors (Lipinski definition) is 7. The highest BCUT2D eigenvalue weighted by Crippen LogP contribution is 2.64. The smallest absolute Gasteiger partial charge is 0.305 e. The molecule has 1 N–H and O–H groups in total. The average molecular weight is 391 g/mol. The van der Waals surface area contributed by atoms with Crippen LogP contribution in [-0.2, 0) is 14.4 Å². The van der Waals surface area contributed by atoms with Crippen molar-refractivity contribution in [1.29, 1.82) is 0 Å². The molecule has 4 aliphatic rings. The highest BCUT2D eigenvalue weighted by Gasteiger charge is 2.66. The van der Waals surface area contributed by atoms with E-state index >= 15 is 0 Å². The van der Waals surface area contributed by atoms with Gasteiger partial charge in [0.1, 0.15) is 0 Å².